The van der Waals surface area contributed by atoms with Crippen molar-refractivity contribution in [3.63, 3.8) is 0 Å². The van der Waals surface area contributed by atoms with Crippen LogP contribution in [0.1, 0.15) is 42.6 Å². The molecule has 4 rings (SSSR count). The van der Waals surface area contributed by atoms with E-state index < -0.39 is 15.5 Å². The highest BCUT2D eigenvalue weighted by Gasteiger charge is 2.42. The predicted molar refractivity (Wildman–Crippen MR) is 134 cm³/mol. The SMILES string of the molecule is CC(C)Oc1cccc(C(=O)N2CCC(CCOS(C)(=O)=O)(c3cccc4ccccc34)C2)c1. The monoisotopic (exact) mass is 481 g/mol. The molecule has 34 heavy (non-hydrogen) atoms. The maximum atomic E-state index is 13.4. The molecule has 6 nitrogen and oxygen atoms in total. The largest absolute Gasteiger partial charge is 0.491 e. The van der Waals surface area contributed by atoms with E-state index in [-0.39, 0.29) is 18.6 Å². The average Bonchev–Trinajstić information content (AvgIpc) is 3.22. The van der Waals surface area contributed by atoms with Crippen molar-refractivity contribution in [3.8, 4) is 5.75 Å². The van der Waals surface area contributed by atoms with Crippen LogP contribution in [-0.4, -0.2) is 51.3 Å². The van der Waals surface area contributed by atoms with Crippen molar-refractivity contribution < 1.29 is 22.1 Å². The fraction of sp³-hybridized carbons (Fsp3) is 0.370. The number of rotatable bonds is 8. The van der Waals surface area contributed by atoms with Crippen molar-refractivity contribution in [2.75, 3.05) is 26.0 Å². The maximum Gasteiger partial charge on any atom is 0.264 e. The molecular weight excluding hydrogens is 450 g/mol. The molecule has 1 atom stereocenters. The molecule has 0 radical (unpaired) electrons. The molecule has 0 aliphatic carbocycles. The van der Waals surface area contributed by atoms with Crippen molar-refractivity contribution in [1.82, 2.24) is 4.90 Å². The molecule has 0 aromatic heterocycles. The lowest BCUT2D eigenvalue weighted by Gasteiger charge is -2.31. The van der Waals surface area contributed by atoms with E-state index in [1.807, 2.05) is 49.1 Å². The molecule has 0 spiro atoms. The molecule has 1 heterocycles. The smallest absolute Gasteiger partial charge is 0.264 e. The Morgan fingerprint density at radius 2 is 1.79 bits per heavy atom. The number of hydrogen-bond donors (Lipinski definition) is 0. The third-order valence-corrected chi connectivity index (χ3v) is 6.93. The highest BCUT2D eigenvalue weighted by Crippen LogP contribution is 2.41. The number of hydrogen-bond acceptors (Lipinski definition) is 5. The molecular formula is C27H31NO5S. The zero-order chi connectivity index (χ0) is 24.3. The molecule has 0 N–H and O–H groups in total. The first-order chi connectivity index (χ1) is 16.2. The molecule has 180 valence electrons. The number of amides is 1. The van der Waals surface area contributed by atoms with Gasteiger partial charge in [0.15, 0.2) is 0 Å². The van der Waals surface area contributed by atoms with E-state index in [9.17, 15) is 13.2 Å². The van der Waals surface area contributed by atoms with Crippen molar-refractivity contribution in [1.29, 1.82) is 0 Å². The standard InChI is InChI=1S/C27H31NO5S/c1-20(2)33-23-11-6-10-22(18-23)26(29)28-16-14-27(19-28,15-17-32-34(3,30)31)25-13-7-9-21-8-4-5-12-24(21)25/h4-13,18,20H,14-17,19H2,1-3H3. The minimum Gasteiger partial charge on any atom is -0.491 e. The van der Waals surface area contributed by atoms with Crippen LogP contribution in [0.15, 0.2) is 66.7 Å². The first-order valence-electron chi connectivity index (χ1n) is 11.6. The molecule has 0 bridgehead atoms. The van der Waals surface area contributed by atoms with E-state index >= 15 is 0 Å². The molecule has 7 heteroatoms. The summed E-state index contributed by atoms with van der Waals surface area (Å²) in [6.07, 6.45) is 2.30. The second-order valence-corrected chi connectivity index (χ2v) is 10.9. The fourth-order valence-corrected chi connectivity index (χ4v) is 5.22. The van der Waals surface area contributed by atoms with Gasteiger partial charge < -0.3 is 9.64 Å². The predicted octanol–water partition coefficient (Wildman–Crippen LogP) is 4.78. The summed E-state index contributed by atoms with van der Waals surface area (Å²) in [4.78, 5) is 15.3. The van der Waals surface area contributed by atoms with Gasteiger partial charge in [0, 0.05) is 24.1 Å². The Labute approximate surface area is 201 Å². The number of nitrogens with zero attached hydrogens (tertiary/aromatic N) is 1. The summed E-state index contributed by atoms with van der Waals surface area (Å²) in [6.45, 7) is 5.04. The van der Waals surface area contributed by atoms with Crippen LogP contribution >= 0.6 is 0 Å². The maximum absolute atomic E-state index is 13.4. The van der Waals surface area contributed by atoms with Gasteiger partial charge in [-0.05, 0) is 61.2 Å². The van der Waals surface area contributed by atoms with E-state index in [4.69, 9.17) is 8.92 Å². The molecule has 1 aliphatic heterocycles. The summed E-state index contributed by atoms with van der Waals surface area (Å²) in [5.74, 6) is 0.613. The zero-order valence-corrected chi connectivity index (χ0v) is 20.7. The minimum absolute atomic E-state index is 0.0194. The van der Waals surface area contributed by atoms with Gasteiger partial charge in [-0.1, -0.05) is 48.5 Å². The Morgan fingerprint density at radius 1 is 1.06 bits per heavy atom. The van der Waals surface area contributed by atoms with Gasteiger partial charge in [-0.3, -0.25) is 8.98 Å². The van der Waals surface area contributed by atoms with Crippen LogP contribution in [0.5, 0.6) is 5.75 Å². The lowest BCUT2D eigenvalue weighted by atomic mass is 9.75. The van der Waals surface area contributed by atoms with E-state index in [1.54, 1.807) is 12.1 Å². The van der Waals surface area contributed by atoms with Gasteiger partial charge in [0.05, 0.1) is 19.0 Å². The minimum atomic E-state index is -3.55. The Hall–Kier alpha value is -2.90. The number of fused-ring (bicyclic) bond motifs is 1. The normalized spacial score (nSPS) is 18.5. The number of ether oxygens (including phenoxy) is 1. The molecule has 3 aromatic carbocycles. The molecule has 3 aromatic rings. The van der Waals surface area contributed by atoms with Crippen molar-refractivity contribution >= 4 is 26.8 Å². The van der Waals surface area contributed by atoms with Gasteiger partial charge in [-0.2, -0.15) is 8.42 Å². The number of carbonyl (C=O) groups is 1. The fourth-order valence-electron chi connectivity index (χ4n) is 4.84. The average molecular weight is 482 g/mol. The first-order valence-corrected chi connectivity index (χ1v) is 13.4. The van der Waals surface area contributed by atoms with Crippen molar-refractivity contribution in [2.24, 2.45) is 0 Å². The highest BCUT2D eigenvalue weighted by molar-refractivity contribution is 7.85. The van der Waals surface area contributed by atoms with E-state index in [2.05, 4.69) is 24.3 Å². The summed E-state index contributed by atoms with van der Waals surface area (Å²) in [5.41, 5.74) is 1.29. The first kappa shape index (κ1) is 24.2. The van der Waals surface area contributed by atoms with Crippen molar-refractivity contribution in [2.45, 2.75) is 38.2 Å². The summed E-state index contributed by atoms with van der Waals surface area (Å²) >= 11 is 0. The van der Waals surface area contributed by atoms with Gasteiger partial charge in [0.1, 0.15) is 5.75 Å². The van der Waals surface area contributed by atoms with Crippen LogP contribution < -0.4 is 4.74 Å². The van der Waals surface area contributed by atoms with Crippen LogP contribution in [-0.2, 0) is 19.7 Å². The molecule has 1 unspecified atom stereocenters. The molecule has 1 fully saturated rings. The van der Waals surface area contributed by atoms with E-state index in [1.165, 1.54) is 0 Å². The van der Waals surface area contributed by atoms with Gasteiger partial charge >= 0.3 is 0 Å². The summed E-state index contributed by atoms with van der Waals surface area (Å²) < 4.78 is 34.2. The number of carbonyl (C=O) groups excluding carboxylic acids is 1. The zero-order valence-electron chi connectivity index (χ0n) is 19.9. The van der Waals surface area contributed by atoms with E-state index in [0.29, 0.717) is 30.8 Å². The number of benzene rings is 3. The van der Waals surface area contributed by atoms with Crippen molar-refractivity contribution in [3.05, 3.63) is 77.9 Å². The third kappa shape index (κ3) is 5.42. The molecule has 1 saturated heterocycles. The van der Waals surface area contributed by atoms with Gasteiger partial charge in [0.25, 0.3) is 16.0 Å². The molecule has 1 aliphatic rings. The van der Waals surface area contributed by atoms with Gasteiger partial charge in [-0.15, -0.1) is 0 Å². The Balaban J connectivity index is 1.65. The van der Waals surface area contributed by atoms with Gasteiger partial charge in [0.2, 0.25) is 0 Å². The van der Waals surface area contributed by atoms with Crippen LogP contribution in [0.25, 0.3) is 10.8 Å². The van der Waals surface area contributed by atoms with Gasteiger partial charge in [-0.25, -0.2) is 0 Å². The quantitative estimate of drug-likeness (QED) is 0.433. The van der Waals surface area contributed by atoms with Crippen LogP contribution in [0.2, 0.25) is 0 Å². The Morgan fingerprint density at radius 3 is 2.56 bits per heavy atom. The summed E-state index contributed by atoms with van der Waals surface area (Å²) in [5, 5.41) is 2.23. The Kier molecular flexibility index (Phi) is 6.96. The van der Waals surface area contributed by atoms with Crippen LogP contribution in [0, 0.1) is 0 Å². The number of likely N-dealkylation sites (tertiary alicyclic amines) is 1. The summed E-state index contributed by atoms with van der Waals surface area (Å²) in [6, 6.07) is 21.6. The van der Waals surface area contributed by atoms with E-state index in [0.717, 1.165) is 29.0 Å². The molecule has 0 saturated carbocycles. The third-order valence-electron chi connectivity index (χ3n) is 6.33. The topological polar surface area (TPSA) is 72.9 Å². The lowest BCUT2D eigenvalue weighted by molar-refractivity contribution is 0.0779. The summed E-state index contributed by atoms with van der Waals surface area (Å²) in [7, 11) is -3.55. The second kappa shape index (κ2) is 9.76. The van der Waals surface area contributed by atoms with Crippen LogP contribution in [0.3, 0.4) is 0 Å². The Bertz CT molecular complexity index is 1280. The van der Waals surface area contributed by atoms with Crippen LogP contribution in [0.4, 0.5) is 0 Å². The lowest BCUT2D eigenvalue weighted by Crippen LogP contribution is -2.35. The highest BCUT2D eigenvalue weighted by atomic mass is 32.2. The second-order valence-electron chi connectivity index (χ2n) is 9.25. The molecule has 1 amide bonds.